The summed E-state index contributed by atoms with van der Waals surface area (Å²) in [5.41, 5.74) is 1.70. The van der Waals surface area contributed by atoms with Gasteiger partial charge in [0.25, 0.3) is 0 Å². The number of rotatable bonds is 0. The summed E-state index contributed by atoms with van der Waals surface area (Å²) in [6.07, 6.45) is 8.72. The van der Waals surface area contributed by atoms with Crippen molar-refractivity contribution in [1.29, 1.82) is 0 Å². The third-order valence-corrected chi connectivity index (χ3v) is 2.86. The van der Waals surface area contributed by atoms with Gasteiger partial charge in [0.1, 0.15) is 0 Å². The molecule has 0 N–H and O–H groups in total. The molecule has 11 heavy (non-hydrogen) atoms. The highest BCUT2D eigenvalue weighted by Crippen LogP contribution is 2.22. The molecule has 60 valence electrons. The molecule has 0 amide bonds. The van der Waals surface area contributed by atoms with E-state index in [1.54, 1.807) is 5.71 Å². The first-order valence-corrected chi connectivity index (χ1v) is 4.63. The first kappa shape index (κ1) is 7.08. The summed E-state index contributed by atoms with van der Waals surface area (Å²) in [6, 6.07) is 0. The van der Waals surface area contributed by atoms with Crippen molar-refractivity contribution in [2.45, 2.75) is 26.2 Å². The Bertz CT molecular complexity index is 203. The molecule has 1 heterocycles. The fourth-order valence-corrected chi connectivity index (χ4v) is 2.18. The second kappa shape index (κ2) is 2.80. The van der Waals surface area contributed by atoms with Crippen LogP contribution in [0, 0.1) is 5.92 Å². The molecule has 2 aliphatic rings. The van der Waals surface area contributed by atoms with Gasteiger partial charge in [-0.05, 0) is 25.0 Å². The van der Waals surface area contributed by atoms with E-state index in [0.29, 0.717) is 0 Å². The molecule has 1 saturated carbocycles. The Morgan fingerprint density at radius 3 is 2.64 bits per heavy atom. The SMILES string of the molecule is CC1CCCC1=[N+]1CC=CC1. The molecule has 1 heteroatoms. The summed E-state index contributed by atoms with van der Waals surface area (Å²) >= 11 is 0. The maximum atomic E-state index is 2.53. The molecule has 0 bridgehead atoms. The lowest BCUT2D eigenvalue weighted by Gasteiger charge is -2.02. The molecule has 0 spiro atoms. The average Bonchev–Trinajstić information content (AvgIpc) is 2.55. The molecule has 1 aliphatic heterocycles. The number of nitrogens with zero attached hydrogens (tertiary/aromatic N) is 1. The lowest BCUT2D eigenvalue weighted by molar-refractivity contribution is -0.502. The molecule has 1 fully saturated rings. The summed E-state index contributed by atoms with van der Waals surface area (Å²) in [5.74, 6) is 0.856. The summed E-state index contributed by atoms with van der Waals surface area (Å²) in [4.78, 5) is 0. The summed E-state index contributed by atoms with van der Waals surface area (Å²) in [6.45, 7) is 4.69. The van der Waals surface area contributed by atoms with E-state index in [1.807, 2.05) is 0 Å². The predicted molar refractivity (Wildman–Crippen MR) is 47.2 cm³/mol. The molecule has 0 aromatic carbocycles. The molecule has 0 radical (unpaired) electrons. The molecular formula is C10H16N+. The maximum absolute atomic E-state index is 2.53. The highest BCUT2D eigenvalue weighted by Gasteiger charge is 2.26. The predicted octanol–water partition coefficient (Wildman–Crippen LogP) is 1.83. The third-order valence-electron chi connectivity index (χ3n) is 2.86. The van der Waals surface area contributed by atoms with E-state index >= 15 is 0 Å². The minimum atomic E-state index is 0.856. The molecule has 0 aromatic rings. The average molecular weight is 150 g/mol. The van der Waals surface area contributed by atoms with Gasteiger partial charge in [-0.15, -0.1) is 0 Å². The van der Waals surface area contributed by atoms with Crippen molar-refractivity contribution in [2.24, 2.45) is 5.92 Å². The minimum absolute atomic E-state index is 0.856. The van der Waals surface area contributed by atoms with Gasteiger partial charge < -0.3 is 0 Å². The zero-order valence-electron chi connectivity index (χ0n) is 7.21. The van der Waals surface area contributed by atoms with Gasteiger partial charge in [0, 0.05) is 12.3 Å². The summed E-state index contributed by atoms with van der Waals surface area (Å²) in [5, 5.41) is 0. The van der Waals surface area contributed by atoms with Crippen molar-refractivity contribution >= 4 is 5.71 Å². The molecule has 2 rings (SSSR count). The summed E-state index contributed by atoms with van der Waals surface area (Å²) in [7, 11) is 0. The van der Waals surface area contributed by atoms with Crippen LogP contribution in [-0.4, -0.2) is 23.4 Å². The zero-order valence-corrected chi connectivity index (χ0v) is 7.21. The van der Waals surface area contributed by atoms with Crippen molar-refractivity contribution in [3.8, 4) is 0 Å². The summed E-state index contributed by atoms with van der Waals surface area (Å²) < 4.78 is 2.53. The van der Waals surface area contributed by atoms with Crippen molar-refractivity contribution in [3.63, 3.8) is 0 Å². The van der Waals surface area contributed by atoms with Gasteiger partial charge in [-0.25, -0.2) is 4.58 Å². The molecule has 1 aliphatic carbocycles. The molecule has 0 saturated heterocycles. The molecule has 0 aromatic heterocycles. The molecule has 1 nitrogen and oxygen atoms in total. The van der Waals surface area contributed by atoms with Gasteiger partial charge in [-0.1, -0.05) is 6.92 Å². The van der Waals surface area contributed by atoms with Gasteiger partial charge in [0.15, 0.2) is 18.8 Å². The van der Waals surface area contributed by atoms with Crippen LogP contribution in [0.5, 0.6) is 0 Å². The highest BCUT2D eigenvalue weighted by molar-refractivity contribution is 5.83. The van der Waals surface area contributed by atoms with E-state index in [-0.39, 0.29) is 0 Å². The Labute approximate surface area is 68.4 Å². The Balaban J connectivity index is 2.18. The van der Waals surface area contributed by atoms with E-state index < -0.39 is 0 Å². The Hall–Kier alpha value is -0.590. The largest absolute Gasteiger partial charge is 0.229 e. The van der Waals surface area contributed by atoms with E-state index in [4.69, 9.17) is 0 Å². The minimum Gasteiger partial charge on any atom is -0.229 e. The lowest BCUT2D eigenvalue weighted by Crippen LogP contribution is -2.20. The van der Waals surface area contributed by atoms with Crippen molar-refractivity contribution in [2.75, 3.05) is 13.1 Å². The smallest absolute Gasteiger partial charge is 0.161 e. The van der Waals surface area contributed by atoms with Crippen LogP contribution in [0.25, 0.3) is 0 Å². The van der Waals surface area contributed by atoms with Crippen LogP contribution in [0.1, 0.15) is 26.2 Å². The molecular weight excluding hydrogens is 134 g/mol. The maximum Gasteiger partial charge on any atom is 0.161 e. The van der Waals surface area contributed by atoms with Crippen LogP contribution in [0.2, 0.25) is 0 Å². The number of hydrogen-bond acceptors (Lipinski definition) is 0. The normalized spacial score (nSPS) is 30.5. The van der Waals surface area contributed by atoms with Gasteiger partial charge in [0.2, 0.25) is 0 Å². The Kier molecular flexibility index (Phi) is 1.80. The van der Waals surface area contributed by atoms with Crippen LogP contribution >= 0.6 is 0 Å². The Morgan fingerprint density at radius 1 is 1.36 bits per heavy atom. The van der Waals surface area contributed by atoms with Crippen LogP contribution in [0.4, 0.5) is 0 Å². The van der Waals surface area contributed by atoms with Crippen molar-refractivity contribution < 1.29 is 4.58 Å². The zero-order chi connectivity index (χ0) is 7.68. The number of hydrogen-bond donors (Lipinski definition) is 0. The van der Waals surface area contributed by atoms with Crippen LogP contribution in [0.3, 0.4) is 0 Å². The van der Waals surface area contributed by atoms with Gasteiger partial charge >= 0.3 is 0 Å². The van der Waals surface area contributed by atoms with Crippen LogP contribution < -0.4 is 0 Å². The first-order valence-electron chi connectivity index (χ1n) is 4.63. The van der Waals surface area contributed by atoms with Gasteiger partial charge in [-0.3, -0.25) is 0 Å². The second-order valence-electron chi connectivity index (χ2n) is 3.66. The van der Waals surface area contributed by atoms with Gasteiger partial charge in [-0.2, -0.15) is 0 Å². The third kappa shape index (κ3) is 1.24. The molecule has 1 unspecified atom stereocenters. The first-order chi connectivity index (χ1) is 5.38. The lowest BCUT2D eigenvalue weighted by atomic mass is 10.1. The monoisotopic (exact) mass is 150 g/mol. The fraction of sp³-hybridized carbons (Fsp3) is 0.700. The van der Waals surface area contributed by atoms with E-state index in [9.17, 15) is 0 Å². The van der Waals surface area contributed by atoms with E-state index in [2.05, 4.69) is 23.7 Å². The Morgan fingerprint density at radius 2 is 2.09 bits per heavy atom. The highest BCUT2D eigenvalue weighted by atomic mass is 15.0. The topological polar surface area (TPSA) is 3.01 Å². The van der Waals surface area contributed by atoms with Crippen molar-refractivity contribution in [1.82, 2.24) is 0 Å². The molecule has 1 atom stereocenters. The van der Waals surface area contributed by atoms with E-state index in [1.165, 1.54) is 32.4 Å². The van der Waals surface area contributed by atoms with E-state index in [0.717, 1.165) is 5.92 Å². The standard InChI is InChI=1S/C10H16N/c1-9-5-4-6-10(9)11-7-2-3-8-11/h2-3,9H,4-8H2,1H3/q+1. The van der Waals surface area contributed by atoms with Gasteiger partial charge in [0.05, 0.1) is 0 Å². The van der Waals surface area contributed by atoms with Crippen LogP contribution in [0.15, 0.2) is 12.2 Å². The second-order valence-corrected chi connectivity index (χ2v) is 3.66. The fourth-order valence-electron chi connectivity index (χ4n) is 2.18. The quantitative estimate of drug-likeness (QED) is 0.366. The van der Waals surface area contributed by atoms with Crippen molar-refractivity contribution in [3.05, 3.63) is 12.2 Å². The van der Waals surface area contributed by atoms with Crippen LogP contribution in [-0.2, 0) is 0 Å².